The van der Waals surface area contributed by atoms with Crippen LogP contribution in [0.4, 0.5) is 0 Å². The van der Waals surface area contributed by atoms with Gasteiger partial charge in [0.2, 0.25) is 0 Å². The molecule has 0 amide bonds. The summed E-state index contributed by atoms with van der Waals surface area (Å²) in [4.78, 5) is 31.6. The van der Waals surface area contributed by atoms with Crippen LogP contribution in [0.3, 0.4) is 0 Å². The molecule has 2 aliphatic heterocycles. The number of carbonyl (C=O) groups excluding carboxylic acids is 2. The summed E-state index contributed by atoms with van der Waals surface area (Å²) in [7, 11) is 1.46. The first kappa shape index (κ1) is 23.0. The Labute approximate surface area is 220 Å². The van der Waals surface area contributed by atoms with Crippen LogP contribution in [-0.2, 0) is 11.0 Å². The van der Waals surface area contributed by atoms with Crippen LogP contribution < -0.4 is 4.74 Å². The van der Waals surface area contributed by atoms with Crippen molar-refractivity contribution in [2.24, 2.45) is 0 Å². The predicted molar refractivity (Wildman–Crippen MR) is 143 cm³/mol. The Morgan fingerprint density at radius 1 is 1.00 bits per heavy atom. The second-order valence-electron chi connectivity index (χ2n) is 10.7. The second kappa shape index (κ2) is 7.92. The molecule has 6 nitrogen and oxygen atoms in total. The number of aromatic hydroxyl groups is 2. The van der Waals surface area contributed by atoms with Crippen molar-refractivity contribution in [2.75, 3.05) is 13.7 Å². The van der Waals surface area contributed by atoms with Crippen molar-refractivity contribution in [1.29, 1.82) is 0 Å². The van der Waals surface area contributed by atoms with Crippen LogP contribution in [-0.4, -0.2) is 46.4 Å². The fraction of sp³-hybridized carbons (Fsp3) is 0.250. The van der Waals surface area contributed by atoms with Crippen molar-refractivity contribution in [2.45, 2.75) is 36.3 Å². The second-order valence-corrected chi connectivity index (χ2v) is 10.7. The number of carbonyl (C=O) groups is 2. The molecule has 2 fully saturated rings. The van der Waals surface area contributed by atoms with Gasteiger partial charge in [-0.1, -0.05) is 48.5 Å². The number of phenolic OH excluding ortho intramolecular Hbond substituents is 2. The first-order chi connectivity index (χ1) is 18.4. The van der Waals surface area contributed by atoms with Crippen molar-refractivity contribution in [1.82, 2.24) is 4.90 Å². The molecule has 0 aromatic heterocycles. The maximum atomic E-state index is 14.8. The molecule has 2 heterocycles. The molecule has 4 aromatic carbocycles. The summed E-state index contributed by atoms with van der Waals surface area (Å²) in [5.74, 6) is 0.231. The molecule has 3 unspecified atom stereocenters. The predicted octanol–water partition coefficient (Wildman–Crippen LogP) is 5.34. The van der Waals surface area contributed by atoms with E-state index in [-0.39, 0.29) is 34.9 Å². The molecule has 1 spiro atoms. The minimum absolute atomic E-state index is 0.0405. The third kappa shape index (κ3) is 2.76. The molecule has 0 radical (unpaired) electrons. The first-order valence-corrected chi connectivity index (χ1v) is 13.0. The number of methoxy groups -OCH3 is 1. The van der Waals surface area contributed by atoms with Crippen LogP contribution in [0.2, 0.25) is 0 Å². The van der Waals surface area contributed by atoms with Gasteiger partial charge in [-0.3, -0.25) is 14.5 Å². The molecule has 1 aliphatic carbocycles. The lowest BCUT2D eigenvalue weighted by atomic mass is 9.65. The zero-order valence-corrected chi connectivity index (χ0v) is 21.0. The topological polar surface area (TPSA) is 87.1 Å². The lowest BCUT2D eigenvalue weighted by molar-refractivity contribution is 0.0668. The Kier molecular flexibility index (Phi) is 4.79. The van der Waals surface area contributed by atoms with E-state index in [1.807, 2.05) is 48.5 Å². The highest BCUT2D eigenvalue weighted by atomic mass is 16.5. The average molecular weight is 506 g/mol. The first-order valence-electron chi connectivity index (χ1n) is 13.0. The largest absolute Gasteiger partial charge is 0.508 e. The van der Waals surface area contributed by atoms with Crippen LogP contribution in [0.5, 0.6) is 17.2 Å². The number of ketones is 2. The lowest BCUT2D eigenvalue weighted by Gasteiger charge is -2.34. The Balaban J connectivity index is 1.50. The van der Waals surface area contributed by atoms with Gasteiger partial charge in [0.1, 0.15) is 11.3 Å². The number of fused-ring (bicyclic) bond motifs is 3. The number of benzene rings is 4. The molecular weight excluding hydrogens is 478 g/mol. The molecule has 2 saturated heterocycles. The SMILES string of the molecule is COc1cc(C(=O)C2(c3ccc(O)cc3)CC3(C(=O)c4cccc5cccc3c45)N3CCCC32)ccc1O. The van der Waals surface area contributed by atoms with Crippen LogP contribution in [0.15, 0.2) is 78.9 Å². The van der Waals surface area contributed by atoms with E-state index in [2.05, 4.69) is 4.90 Å². The molecule has 190 valence electrons. The number of hydrogen-bond acceptors (Lipinski definition) is 6. The Morgan fingerprint density at radius 2 is 1.76 bits per heavy atom. The third-order valence-corrected chi connectivity index (χ3v) is 9.05. The molecule has 7 rings (SSSR count). The molecular formula is C32H27NO5. The fourth-order valence-corrected chi connectivity index (χ4v) is 7.53. The molecule has 3 atom stereocenters. The van der Waals surface area contributed by atoms with Crippen molar-refractivity contribution in [3.8, 4) is 17.2 Å². The zero-order valence-electron chi connectivity index (χ0n) is 21.0. The molecule has 0 bridgehead atoms. The van der Waals surface area contributed by atoms with Gasteiger partial charge in [0.05, 0.1) is 12.5 Å². The van der Waals surface area contributed by atoms with Gasteiger partial charge in [0.25, 0.3) is 0 Å². The number of hydrogen-bond donors (Lipinski definition) is 2. The Bertz CT molecular complexity index is 1640. The summed E-state index contributed by atoms with van der Waals surface area (Å²) in [5.41, 5.74) is 0.864. The standard InChI is InChI=1S/C32H27NO5/c1-38-26-17-20(10-15-25(26)35)29(36)31(21-11-13-22(34)14-12-21)18-32(33-16-4-9-27(31)33)24-8-3-6-19-5-2-7-23(28(19)24)30(32)37/h2-3,5-8,10-15,17,27,34-35H,4,9,16,18H2,1H3. The van der Waals surface area contributed by atoms with E-state index < -0.39 is 11.0 Å². The van der Waals surface area contributed by atoms with E-state index in [0.717, 1.165) is 34.7 Å². The smallest absolute Gasteiger partial charge is 0.188 e. The molecule has 2 N–H and O–H groups in total. The summed E-state index contributed by atoms with van der Waals surface area (Å²) in [5, 5.41) is 22.3. The molecule has 38 heavy (non-hydrogen) atoms. The fourth-order valence-electron chi connectivity index (χ4n) is 7.53. The van der Waals surface area contributed by atoms with Crippen molar-refractivity contribution < 1.29 is 24.5 Å². The summed E-state index contributed by atoms with van der Waals surface area (Å²) < 4.78 is 5.33. The Hall–Kier alpha value is -4.16. The molecule has 6 heteroatoms. The highest BCUT2D eigenvalue weighted by Crippen LogP contribution is 2.62. The monoisotopic (exact) mass is 505 g/mol. The number of nitrogens with zero attached hydrogens (tertiary/aromatic N) is 1. The van der Waals surface area contributed by atoms with Crippen LogP contribution in [0.1, 0.15) is 51.1 Å². The minimum Gasteiger partial charge on any atom is -0.508 e. The quantitative estimate of drug-likeness (QED) is 0.364. The van der Waals surface area contributed by atoms with Crippen molar-refractivity contribution in [3.05, 3.63) is 101 Å². The number of Topliss-reactive ketones (excluding diaryl/α,β-unsaturated/α-hetero) is 2. The van der Waals surface area contributed by atoms with Crippen molar-refractivity contribution in [3.63, 3.8) is 0 Å². The number of rotatable bonds is 4. The molecule has 4 aromatic rings. The number of ether oxygens (including phenoxy) is 1. The van der Waals surface area contributed by atoms with Gasteiger partial charge in [-0.25, -0.2) is 0 Å². The van der Waals surface area contributed by atoms with Crippen LogP contribution in [0, 0.1) is 0 Å². The normalized spacial score (nSPS) is 25.8. The van der Waals surface area contributed by atoms with Crippen LogP contribution >= 0.6 is 0 Å². The van der Waals surface area contributed by atoms with Crippen molar-refractivity contribution >= 4 is 22.3 Å². The maximum Gasteiger partial charge on any atom is 0.188 e. The average Bonchev–Trinajstić information content (AvgIpc) is 3.60. The van der Waals surface area contributed by atoms with Gasteiger partial charge < -0.3 is 14.9 Å². The van der Waals surface area contributed by atoms with Gasteiger partial charge in [0.15, 0.2) is 23.1 Å². The molecule has 3 aliphatic rings. The lowest BCUT2D eigenvalue weighted by Crippen LogP contribution is -2.47. The maximum absolute atomic E-state index is 14.8. The summed E-state index contributed by atoms with van der Waals surface area (Å²) in [6, 6.07) is 23.3. The third-order valence-electron chi connectivity index (χ3n) is 9.05. The van der Waals surface area contributed by atoms with E-state index in [4.69, 9.17) is 4.74 Å². The van der Waals surface area contributed by atoms with E-state index in [9.17, 15) is 19.8 Å². The highest BCUT2D eigenvalue weighted by Gasteiger charge is 2.69. The van der Waals surface area contributed by atoms with E-state index in [1.54, 1.807) is 24.3 Å². The van der Waals surface area contributed by atoms with Crippen LogP contribution in [0.25, 0.3) is 10.8 Å². The van der Waals surface area contributed by atoms with Gasteiger partial charge in [-0.15, -0.1) is 0 Å². The molecule has 0 saturated carbocycles. The van der Waals surface area contributed by atoms with Gasteiger partial charge in [-0.05, 0) is 78.0 Å². The Morgan fingerprint density at radius 3 is 2.53 bits per heavy atom. The summed E-state index contributed by atoms with van der Waals surface area (Å²) in [6.07, 6.45) is 1.94. The highest BCUT2D eigenvalue weighted by molar-refractivity contribution is 6.21. The van der Waals surface area contributed by atoms with E-state index >= 15 is 0 Å². The van der Waals surface area contributed by atoms with E-state index in [0.29, 0.717) is 24.1 Å². The van der Waals surface area contributed by atoms with E-state index in [1.165, 1.54) is 13.2 Å². The van der Waals surface area contributed by atoms with Gasteiger partial charge in [-0.2, -0.15) is 0 Å². The number of phenols is 2. The minimum atomic E-state index is -1.05. The summed E-state index contributed by atoms with van der Waals surface area (Å²) in [6.45, 7) is 0.715. The zero-order chi connectivity index (χ0) is 26.2. The summed E-state index contributed by atoms with van der Waals surface area (Å²) >= 11 is 0. The van der Waals surface area contributed by atoms with Gasteiger partial charge in [0, 0.05) is 17.2 Å². The van der Waals surface area contributed by atoms with Gasteiger partial charge >= 0.3 is 0 Å².